The number of nitrogens with zero attached hydrogens (tertiary/aromatic N) is 2. The normalized spacial score (nSPS) is 11.8. The number of aryl methyl sites for hydroxylation is 1. The molecule has 78 valence electrons. The highest BCUT2D eigenvalue weighted by molar-refractivity contribution is 9.10. The minimum atomic E-state index is -0.485. The fraction of sp³-hybridized carbons (Fsp3) is 0.556. The van der Waals surface area contributed by atoms with Gasteiger partial charge in [-0.15, -0.1) is 0 Å². The number of hydrogen-bond donors (Lipinski definition) is 1. The standard InChI is InChI=1S/C9H14BrN3O/c1-9(2,11)4-7(14)8-6(10)5-12-13(8)3/h5H,4,11H2,1-3H3. The SMILES string of the molecule is Cn1ncc(Br)c1C(=O)CC(C)(C)N. The Morgan fingerprint density at radius 2 is 2.29 bits per heavy atom. The first-order chi connectivity index (χ1) is 6.31. The molecule has 0 aliphatic rings. The molecule has 1 rings (SSSR count). The fourth-order valence-electron chi connectivity index (χ4n) is 1.22. The Morgan fingerprint density at radius 3 is 2.64 bits per heavy atom. The average molecular weight is 260 g/mol. The third-order valence-electron chi connectivity index (χ3n) is 1.77. The molecule has 0 aliphatic heterocycles. The molecule has 0 spiro atoms. The van der Waals surface area contributed by atoms with Crippen molar-refractivity contribution in [2.45, 2.75) is 25.8 Å². The molecule has 0 saturated heterocycles. The van der Waals surface area contributed by atoms with E-state index < -0.39 is 5.54 Å². The number of hydrogen-bond acceptors (Lipinski definition) is 3. The van der Waals surface area contributed by atoms with Crippen molar-refractivity contribution in [2.24, 2.45) is 12.8 Å². The Bertz CT molecular complexity index is 332. The third-order valence-corrected chi connectivity index (χ3v) is 2.35. The van der Waals surface area contributed by atoms with Crippen LogP contribution in [-0.2, 0) is 7.05 Å². The highest BCUT2D eigenvalue weighted by Crippen LogP contribution is 2.19. The minimum Gasteiger partial charge on any atom is -0.325 e. The van der Waals surface area contributed by atoms with Crippen molar-refractivity contribution in [3.05, 3.63) is 16.4 Å². The molecule has 0 aliphatic carbocycles. The molecule has 4 nitrogen and oxygen atoms in total. The van der Waals surface area contributed by atoms with Crippen LogP contribution >= 0.6 is 15.9 Å². The van der Waals surface area contributed by atoms with E-state index in [1.807, 2.05) is 13.8 Å². The predicted octanol–water partition coefficient (Wildman–Crippen LogP) is 1.49. The predicted molar refractivity (Wildman–Crippen MR) is 58.1 cm³/mol. The second-order valence-electron chi connectivity index (χ2n) is 4.05. The summed E-state index contributed by atoms with van der Waals surface area (Å²) in [7, 11) is 1.74. The molecule has 0 radical (unpaired) electrons. The van der Waals surface area contributed by atoms with Gasteiger partial charge in [0.05, 0.1) is 10.7 Å². The maximum atomic E-state index is 11.8. The van der Waals surface area contributed by atoms with Crippen LogP contribution in [0.1, 0.15) is 30.8 Å². The van der Waals surface area contributed by atoms with Gasteiger partial charge in [-0.1, -0.05) is 0 Å². The monoisotopic (exact) mass is 259 g/mol. The Hall–Kier alpha value is -0.680. The van der Waals surface area contributed by atoms with E-state index in [2.05, 4.69) is 21.0 Å². The van der Waals surface area contributed by atoms with Gasteiger partial charge in [-0.05, 0) is 29.8 Å². The molecular formula is C9H14BrN3O. The quantitative estimate of drug-likeness (QED) is 0.837. The second kappa shape index (κ2) is 3.82. The van der Waals surface area contributed by atoms with Gasteiger partial charge in [0.15, 0.2) is 5.78 Å². The maximum absolute atomic E-state index is 11.8. The van der Waals surface area contributed by atoms with Gasteiger partial charge in [0.1, 0.15) is 5.69 Å². The van der Waals surface area contributed by atoms with Crippen LogP contribution in [0.4, 0.5) is 0 Å². The summed E-state index contributed by atoms with van der Waals surface area (Å²) in [5, 5.41) is 3.98. The summed E-state index contributed by atoms with van der Waals surface area (Å²) in [5.74, 6) is 0.00405. The number of Topliss-reactive ketones (excluding diaryl/α,β-unsaturated/α-hetero) is 1. The van der Waals surface area contributed by atoms with Crippen LogP contribution in [-0.4, -0.2) is 21.1 Å². The zero-order valence-electron chi connectivity index (χ0n) is 8.54. The van der Waals surface area contributed by atoms with Gasteiger partial charge in [-0.3, -0.25) is 9.48 Å². The second-order valence-corrected chi connectivity index (χ2v) is 4.91. The summed E-state index contributed by atoms with van der Waals surface area (Å²) in [5.41, 5.74) is 5.86. The number of ketones is 1. The molecular weight excluding hydrogens is 246 g/mol. The third kappa shape index (κ3) is 2.65. The Morgan fingerprint density at radius 1 is 1.71 bits per heavy atom. The lowest BCUT2D eigenvalue weighted by atomic mass is 9.98. The van der Waals surface area contributed by atoms with E-state index in [1.54, 1.807) is 17.9 Å². The first-order valence-electron chi connectivity index (χ1n) is 4.31. The van der Waals surface area contributed by atoms with E-state index in [0.717, 1.165) is 0 Å². The van der Waals surface area contributed by atoms with Gasteiger partial charge in [-0.2, -0.15) is 5.10 Å². The largest absolute Gasteiger partial charge is 0.325 e. The average Bonchev–Trinajstić information content (AvgIpc) is 2.27. The number of nitrogens with two attached hydrogens (primary N) is 1. The summed E-state index contributed by atoms with van der Waals surface area (Å²) < 4.78 is 2.27. The van der Waals surface area contributed by atoms with Crippen molar-refractivity contribution in [1.82, 2.24) is 9.78 Å². The zero-order valence-corrected chi connectivity index (χ0v) is 10.1. The summed E-state index contributed by atoms with van der Waals surface area (Å²) in [6.07, 6.45) is 1.92. The van der Waals surface area contributed by atoms with Gasteiger partial charge in [0.2, 0.25) is 0 Å². The number of rotatable bonds is 3. The summed E-state index contributed by atoms with van der Waals surface area (Å²) in [4.78, 5) is 11.8. The van der Waals surface area contributed by atoms with Gasteiger partial charge in [-0.25, -0.2) is 0 Å². The van der Waals surface area contributed by atoms with Crippen LogP contribution in [0.2, 0.25) is 0 Å². The Balaban J connectivity index is 2.90. The van der Waals surface area contributed by atoms with E-state index >= 15 is 0 Å². The van der Waals surface area contributed by atoms with Crippen LogP contribution in [0, 0.1) is 0 Å². The molecule has 0 saturated carbocycles. The molecule has 14 heavy (non-hydrogen) atoms. The van der Waals surface area contributed by atoms with Crippen molar-refractivity contribution in [1.29, 1.82) is 0 Å². The van der Waals surface area contributed by atoms with Crippen LogP contribution in [0.25, 0.3) is 0 Å². The van der Waals surface area contributed by atoms with Gasteiger partial charge in [0, 0.05) is 19.0 Å². The molecule has 0 aromatic carbocycles. The van der Waals surface area contributed by atoms with E-state index in [-0.39, 0.29) is 5.78 Å². The number of halogens is 1. The number of carbonyl (C=O) groups excluding carboxylic acids is 1. The van der Waals surface area contributed by atoms with Gasteiger partial charge in [0.25, 0.3) is 0 Å². The van der Waals surface area contributed by atoms with E-state index in [0.29, 0.717) is 16.6 Å². The maximum Gasteiger partial charge on any atom is 0.183 e. The summed E-state index contributed by atoms with van der Waals surface area (Å²) >= 11 is 3.28. The topological polar surface area (TPSA) is 60.9 Å². The molecule has 1 aromatic heterocycles. The Kier molecular flexibility index (Phi) is 3.11. The fourth-order valence-corrected chi connectivity index (χ4v) is 1.79. The smallest absolute Gasteiger partial charge is 0.183 e. The summed E-state index contributed by atoms with van der Waals surface area (Å²) in [6.45, 7) is 3.66. The van der Waals surface area contributed by atoms with E-state index in [4.69, 9.17) is 5.73 Å². The van der Waals surface area contributed by atoms with Crippen molar-refractivity contribution >= 4 is 21.7 Å². The molecule has 5 heteroatoms. The van der Waals surface area contributed by atoms with Gasteiger partial charge >= 0.3 is 0 Å². The molecule has 1 aromatic rings. The molecule has 0 fully saturated rings. The lowest BCUT2D eigenvalue weighted by Gasteiger charge is -2.17. The lowest BCUT2D eigenvalue weighted by Crippen LogP contribution is -2.35. The van der Waals surface area contributed by atoms with Crippen molar-refractivity contribution < 1.29 is 4.79 Å². The van der Waals surface area contributed by atoms with Crippen LogP contribution < -0.4 is 5.73 Å². The lowest BCUT2D eigenvalue weighted by molar-refractivity contribution is 0.0950. The van der Waals surface area contributed by atoms with E-state index in [9.17, 15) is 4.79 Å². The molecule has 0 unspecified atom stereocenters. The Labute approximate surface area is 91.6 Å². The first kappa shape index (κ1) is 11.4. The highest BCUT2D eigenvalue weighted by Gasteiger charge is 2.21. The van der Waals surface area contributed by atoms with Crippen molar-refractivity contribution in [3.8, 4) is 0 Å². The molecule has 1 heterocycles. The number of aromatic nitrogens is 2. The van der Waals surface area contributed by atoms with E-state index in [1.165, 1.54) is 0 Å². The van der Waals surface area contributed by atoms with Crippen molar-refractivity contribution in [2.75, 3.05) is 0 Å². The zero-order chi connectivity index (χ0) is 10.9. The first-order valence-corrected chi connectivity index (χ1v) is 5.10. The molecule has 0 atom stereocenters. The molecule has 0 bridgehead atoms. The van der Waals surface area contributed by atoms with Crippen LogP contribution in [0.5, 0.6) is 0 Å². The highest BCUT2D eigenvalue weighted by atomic mass is 79.9. The van der Waals surface area contributed by atoms with Gasteiger partial charge < -0.3 is 5.73 Å². The van der Waals surface area contributed by atoms with Crippen LogP contribution in [0.15, 0.2) is 10.7 Å². The molecule has 0 amide bonds. The summed E-state index contributed by atoms with van der Waals surface area (Å²) in [6, 6.07) is 0. The van der Waals surface area contributed by atoms with Crippen LogP contribution in [0.3, 0.4) is 0 Å². The molecule has 2 N–H and O–H groups in total. The van der Waals surface area contributed by atoms with Crippen molar-refractivity contribution in [3.63, 3.8) is 0 Å². The minimum absolute atomic E-state index is 0.00405. The number of carbonyl (C=O) groups is 1.